The fourth-order valence-corrected chi connectivity index (χ4v) is 2.68. The third-order valence-electron chi connectivity index (χ3n) is 3.79. The molecule has 2 fully saturated rings. The molecule has 2 aliphatic heterocycles. The van der Waals surface area contributed by atoms with Crippen molar-refractivity contribution in [2.24, 2.45) is 5.92 Å². The van der Waals surface area contributed by atoms with Gasteiger partial charge in [-0.15, -0.1) is 0 Å². The lowest BCUT2D eigenvalue weighted by Crippen LogP contribution is -2.47. The van der Waals surface area contributed by atoms with Gasteiger partial charge < -0.3 is 5.32 Å². The van der Waals surface area contributed by atoms with Crippen molar-refractivity contribution < 1.29 is 4.79 Å². The lowest BCUT2D eigenvalue weighted by atomic mass is 9.95. The third kappa shape index (κ3) is 2.79. The van der Waals surface area contributed by atoms with Crippen LogP contribution in [0.5, 0.6) is 0 Å². The third-order valence-corrected chi connectivity index (χ3v) is 3.79. The summed E-state index contributed by atoms with van der Waals surface area (Å²) in [7, 11) is 0. The Kier molecular flexibility index (Phi) is 3.76. The molecule has 0 aromatic rings. The lowest BCUT2D eigenvalue weighted by molar-refractivity contribution is -0.124. The molecule has 0 radical (unpaired) electrons. The second-order valence-corrected chi connectivity index (χ2v) is 4.96. The molecule has 0 aromatic heterocycles. The van der Waals surface area contributed by atoms with Crippen molar-refractivity contribution in [1.29, 1.82) is 0 Å². The number of ketones is 1. The van der Waals surface area contributed by atoms with Crippen LogP contribution in [0, 0.1) is 5.92 Å². The van der Waals surface area contributed by atoms with Crippen molar-refractivity contribution in [1.82, 2.24) is 10.2 Å². The first-order chi connectivity index (χ1) is 7.27. The van der Waals surface area contributed by atoms with Gasteiger partial charge in [0.2, 0.25) is 0 Å². The average molecular weight is 210 g/mol. The molecular formula is C12H22N2O. The standard InChI is InChI=1S/C12H22N2O/c1-10-4-2-3-7-14(10)9-11-8-13-6-5-12(11)15/h10-11,13H,2-9H2,1H3/t10-,11+/m1/s1. The van der Waals surface area contributed by atoms with E-state index in [4.69, 9.17) is 0 Å². The van der Waals surface area contributed by atoms with Crippen molar-refractivity contribution in [2.45, 2.75) is 38.6 Å². The minimum Gasteiger partial charge on any atom is -0.316 e. The maximum Gasteiger partial charge on any atom is 0.139 e. The fraction of sp³-hybridized carbons (Fsp3) is 0.917. The van der Waals surface area contributed by atoms with Crippen molar-refractivity contribution in [3.05, 3.63) is 0 Å². The first-order valence-electron chi connectivity index (χ1n) is 6.25. The number of nitrogens with one attached hydrogen (secondary N) is 1. The minimum atomic E-state index is 0.249. The summed E-state index contributed by atoms with van der Waals surface area (Å²) in [5, 5.41) is 3.32. The normalized spacial score (nSPS) is 34.3. The highest BCUT2D eigenvalue weighted by Gasteiger charge is 2.27. The topological polar surface area (TPSA) is 32.3 Å². The number of carbonyl (C=O) groups excluding carboxylic acids is 1. The van der Waals surface area contributed by atoms with Gasteiger partial charge in [-0.2, -0.15) is 0 Å². The Bertz CT molecular complexity index is 230. The molecule has 1 N–H and O–H groups in total. The number of hydrogen-bond acceptors (Lipinski definition) is 3. The highest BCUT2D eigenvalue weighted by atomic mass is 16.1. The van der Waals surface area contributed by atoms with Crippen LogP contribution in [0.15, 0.2) is 0 Å². The highest BCUT2D eigenvalue weighted by Crippen LogP contribution is 2.19. The minimum absolute atomic E-state index is 0.249. The first kappa shape index (κ1) is 11.1. The monoisotopic (exact) mass is 210 g/mol. The molecule has 0 bridgehead atoms. The van der Waals surface area contributed by atoms with Crippen molar-refractivity contribution in [3.63, 3.8) is 0 Å². The van der Waals surface area contributed by atoms with E-state index in [9.17, 15) is 4.79 Å². The molecule has 2 rings (SSSR count). The fourth-order valence-electron chi connectivity index (χ4n) is 2.68. The zero-order chi connectivity index (χ0) is 10.7. The summed E-state index contributed by atoms with van der Waals surface area (Å²) in [6.45, 7) is 6.23. The smallest absolute Gasteiger partial charge is 0.139 e. The second kappa shape index (κ2) is 5.08. The van der Waals surface area contributed by atoms with E-state index in [0.717, 1.165) is 26.1 Å². The van der Waals surface area contributed by atoms with Crippen molar-refractivity contribution in [3.8, 4) is 0 Å². The number of piperidine rings is 2. The summed E-state index contributed by atoms with van der Waals surface area (Å²) >= 11 is 0. The van der Waals surface area contributed by atoms with E-state index in [2.05, 4.69) is 17.1 Å². The Hall–Kier alpha value is -0.410. The summed E-state index contributed by atoms with van der Waals surface area (Å²) < 4.78 is 0. The van der Waals surface area contributed by atoms with Gasteiger partial charge in [0.25, 0.3) is 0 Å². The lowest BCUT2D eigenvalue weighted by Gasteiger charge is -2.36. The van der Waals surface area contributed by atoms with Crippen LogP contribution in [0.25, 0.3) is 0 Å². The van der Waals surface area contributed by atoms with Gasteiger partial charge in [0.1, 0.15) is 5.78 Å². The molecule has 86 valence electrons. The largest absolute Gasteiger partial charge is 0.316 e. The predicted octanol–water partition coefficient (Wildman–Crippen LogP) is 1.04. The van der Waals surface area contributed by atoms with E-state index in [0.29, 0.717) is 11.8 Å². The van der Waals surface area contributed by atoms with Gasteiger partial charge in [0.15, 0.2) is 0 Å². The van der Waals surface area contributed by atoms with Gasteiger partial charge in [-0.1, -0.05) is 6.42 Å². The van der Waals surface area contributed by atoms with Crippen LogP contribution in [0.2, 0.25) is 0 Å². The quantitative estimate of drug-likeness (QED) is 0.739. The van der Waals surface area contributed by atoms with Gasteiger partial charge in [0.05, 0.1) is 0 Å². The zero-order valence-corrected chi connectivity index (χ0v) is 9.67. The van der Waals surface area contributed by atoms with Crippen LogP contribution in [-0.4, -0.2) is 42.9 Å². The van der Waals surface area contributed by atoms with Crippen LogP contribution in [0.4, 0.5) is 0 Å². The van der Waals surface area contributed by atoms with Crippen LogP contribution in [-0.2, 0) is 4.79 Å². The number of likely N-dealkylation sites (tertiary alicyclic amines) is 1. The van der Waals surface area contributed by atoms with Gasteiger partial charge in [0, 0.05) is 38.0 Å². The van der Waals surface area contributed by atoms with Crippen LogP contribution >= 0.6 is 0 Å². The number of carbonyl (C=O) groups is 1. The molecule has 2 saturated heterocycles. The molecule has 0 unspecified atom stereocenters. The molecule has 0 amide bonds. The van der Waals surface area contributed by atoms with Gasteiger partial charge in [-0.3, -0.25) is 9.69 Å². The Morgan fingerprint density at radius 2 is 2.33 bits per heavy atom. The Morgan fingerprint density at radius 1 is 1.47 bits per heavy atom. The summed E-state index contributed by atoms with van der Waals surface area (Å²) in [5.41, 5.74) is 0. The molecule has 0 saturated carbocycles. The molecular weight excluding hydrogens is 188 g/mol. The molecule has 2 aliphatic rings. The summed E-state index contributed by atoms with van der Waals surface area (Å²) in [6.07, 6.45) is 4.69. The van der Waals surface area contributed by atoms with Crippen LogP contribution in [0.3, 0.4) is 0 Å². The maximum atomic E-state index is 11.7. The number of Topliss-reactive ketones (excluding diaryl/α,β-unsaturated/α-hetero) is 1. The van der Waals surface area contributed by atoms with E-state index >= 15 is 0 Å². The second-order valence-electron chi connectivity index (χ2n) is 4.96. The molecule has 3 heteroatoms. The Balaban J connectivity index is 1.86. The van der Waals surface area contributed by atoms with E-state index < -0.39 is 0 Å². The zero-order valence-electron chi connectivity index (χ0n) is 9.67. The summed E-state index contributed by atoms with van der Waals surface area (Å²) in [5.74, 6) is 0.714. The van der Waals surface area contributed by atoms with E-state index in [1.807, 2.05) is 0 Å². The number of rotatable bonds is 2. The number of nitrogens with zero attached hydrogens (tertiary/aromatic N) is 1. The predicted molar refractivity (Wildman–Crippen MR) is 60.9 cm³/mol. The number of hydrogen-bond donors (Lipinski definition) is 1. The van der Waals surface area contributed by atoms with Gasteiger partial charge in [-0.25, -0.2) is 0 Å². The van der Waals surface area contributed by atoms with E-state index in [1.165, 1.54) is 25.8 Å². The average Bonchev–Trinajstić information content (AvgIpc) is 2.24. The summed E-state index contributed by atoms with van der Waals surface area (Å²) in [6, 6.07) is 0.675. The van der Waals surface area contributed by atoms with Gasteiger partial charge >= 0.3 is 0 Å². The van der Waals surface area contributed by atoms with Gasteiger partial charge in [-0.05, 0) is 26.3 Å². The maximum absolute atomic E-state index is 11.7. The summed E-state index contributed by atoms with van der Waals surface area (Å²) in [4.78, 5) is 14.2. The Labute approximate surface area is 92.2 Å². The molecule has 2 heterocycles. The first-order valence-corrected chi connectivity index (χ1v) is 6.25. The van der Waals surface area contributed by atoms with E-state index in [-0.39, 0.29) is 5.92 Å². The highest BCUT2D eigenvalue weighted by molar-refractivity contribution is 5.82. The van der Waals surface area contributed by atoms with Crippen LogP contribution < -0.4 is 5.32 Å². The Morgan fingerprint density at radius 3 is 3.07 bits per heavy atom. The van der Waals surface area contributed by atoms with Crippen molar-refractivity contribution >= 4 is 5.78 Å². The van der Waals surface area contributed by atoms with E-state index in [1.54, 1.807) is 0 Å². The molecule has 0 aromatic carbocycles. The molecule has 15 heavy (non-hydrogen) atoms. The molecule has 0 spiro atoms. The molecule has 2 atom stereocenters. The van der Waals surface area contributed by atoms with Crippen LogP contribution in [0.1, 0.15) is 32.6 Å². The SMILES string of the molecule is C[C@@H]1CCCCN1C[C@@H]1CNCCC1=O. The van der Waals surface area contributed by atoms with Crippen molar-refractivity contribution in [2.75, 3.05) is 26.2 Å². The molecule has 3 nitrogen and oxygen atoms in total. The molecule has 0 aliphatic carbocycles.